The van der Waals surface area contributed by atoms with E-state index in [-0.39, 0.29) is 12.6 Å². The quantitative estimate of drug-likeness (QED) is 0.816. The van der Waals surface area contributed by atoms with Crippen LogP contribution in [0.3, 0.4) is 0 Å². The van der Waals surface area contributed by atoms with Gasteiger partial charge in [-0.15, -0.1) is 0 Å². The zero-order chi connectivity index (χ0) is 16.8. The van der Waals surface area contributed by atoms with Crippen molar-refractivity contribution in [1.29, 1.82) is 0 Å². The number of nitrogens with one attached hydrogen (secondary N) is 1. The fourth-order valence-corrected chi connectivity index (χ4v) is 3.55. The first kappa shape index (κ1) is 17.2. The van der Waals surface area contributed by atoms with Crippen molar-refractivity contribution in [1.82, 2.24) is 10.2 Å². The van der Waals surface area contributed by atoms with E-state index in [2.05, 4.69) is 59.6 Å². The highest BCUT2D eigenvalue weighted by molar-refractivity contribution is 5.25. The van der Waals surface area contributed by atoms with Gasteiger partial charge in [0.25, 0.3) is 0 Å². The molecule has 2 aromatic carbocycles. The summed E-state index contributed by atoms with van der Waals surface area (Å²) < 4.78 is 0. The van der Waals surface area contributed by atoms with E-state index in [0.717, 1.165) is 12.1 Å². The van der Waals surface area contributed by atoms with E-state index < -0.39 is 0 Å². The van der Waals surface area contributed by atoms with Crippen molar-refractivity contribution >= 4 is 0 Å². The first-order valence-corrected chi connectivity index (χ1v) is 9.00. The van der Waals surface area contributed by atoms with E-state index in [0.29, 0.717) is 6.04 Å². The second-order valence-electron chi connectivity index (χ2n) is 6.70. The molecule has 2 N–H and O–H groups in total. The number of likely N-dealkylation sites (tertiary alicyclic amines) is 1. The molecule has 24 heavy (non-hydrogen) atoms. The molecule has 1 aliphatic heterocycles. The van der Waals surface area contributed by atoms with Gasteiger partial charge in [-0.05, 0) is 49.5 Å². The zero-order valence-corrected chi connectivity index (χ0v) is 14.5. The monoisotopic (exact) mass is 324 g/mol. The Morgan fingerprint density at radius 1 is 1.00 bits per heavy atom. The predicted octanol–water partition coefficient (Wildman–Crippen LogP) is 3.67. The van der Waals surface area contributed by atoms with Gasteiger partial charge in [-0.25, -0.2) is 0 Å². The molecule has 0 aliphatic carbocycles. The largest absolute Gasteiger partial charge is 0.392 e. The van der Waals surface area contributed by atoms with Crippen LogP contribution in [-0.4, -0.2) is 29.6 Å². The maximum Gasteiger partial charge on any atom is 0.0681 e. The summed E-state index contributed by atoms with van der Waals surface area (Å²) in [5, 5.41) is 13.0. The summed E-state index contributed by atoms with van der Waals surface area (Å²) in [7, 11) is 0. The molecule has 128 valence electrons. The summed E-state index contributed by atoms with van der Waals surface area (Å²) in [6, 6.07) is 19.7. The van der Waals surface area contributed by atoms with Crippen molar-refractivity contribution in [2.45, 2.75) is 38.5 Å². The number of rotatable bonds is 7. The van der Waals surface area contributed by atoms with Gasteiger partial charge in [0.15, 0.2) is 0 Å². The van der Waals surface area contributed by atoms with Crippen LogP contribution >= 0.6 is 0 Å². The Hall–Kier alpha value is -1.68. The second-order valence-corrected chi connectivity index (χ2v) is 6.70. The van der Waals surface area contributed by atoms with Crippen molar-refractivity contribution in [2.24, 2.45) is 0 Å². The molecule has 1 aliphatic rings. The molecule has 2 aromatic rings. The van der Waals surface area contributed by atoms with E-state index in [4.69, 9.17) is 0 Å². The molecule has 3 rings (SSSR count). The highest BCUT2D eigenvalue weighted by atomic mass is 16.3. The molecule has 1 saturated heterocycles. The average molecular weight is 324 g/mol. The number of aliphatic hydroxyl groups is 1. The van der Waals surface area contributed by atoms with Gasteiger partial charge in [0, 0.05) is 18.6 Å². The number of aliphatic hydroxyl groups excluding tert-OH is 1. The molecule has 1 heterocycles. The van der Waals surface area contributed by atoms with Crippen molar-refractivity contribution in [3.63, 3.8) is 0 Å². The third-order valence-electron chi connectivity index (χ3n) is 5.02. The summed E-state index contributed by atoms with van der Waals surface area (Å²) in [5.41, 5.74) is 3.60. The van der Waals surface area contributed by atoms with Gasteiger partial charge < -0.3 is 10.4 Å². The zero-order valence-electron chi connectivity index (χ0n) is 14.5. The topological polar surface area (TPSA) is 35.5 Å². The number of hydrogen-bond donors (Lipinski definition) is 2. The van der Waals surface area contributed by atoms with E-state index in [1.807, 2.05) is 12.1 Å². The van der Waals surface area contributed by atoms with Crippen LogP contribution in [0, 0.1) is 0 Å². The Morgan fingerprint density at radius 2 is 1.71 bits per heavy atom. The summed E-state index contributed by atoms with van der Waals surface area (Å²) in [4.78, 5) is 2.60. The van der Waals surface area contributed by atoms with Crippen LogP contribution in [0.25, 0.3) is 0 Å². The Kier molecular flexibility index (Phi) is 6.02. The minimum absolute atomic E-state index is 0.0982. The maximum atomic E-state index is 9.33. The smallest absolute Gasteiger partial charge is 0.0681 e. The van der Waals surface area contributed by atoms with Crippen molar-refractivity contribution < 1.29 is 5.11 Å². The molecule has 2 atom stereocenters. The second kappa shape index (κ2) is 8.43. The lowest BCUT2D eigenvalue weighted by molar-refractivity contribution is 0.234. The Bertz CT molecular complexity index is 623. The first-order valence-electron chi connectivity index (χ1n) is 9.00. The Labute approximate surface area is 145 Å². The summed E-state index contributed by atoms with van der Waals surface area (Å²) >= 11 is 0. The van der Waals surface area contributed by atoms with Gasteiger partial charge in [0.2, 0.25) is 0 Å². The third-order valence-corrected chi connectivity index (χ3v) is 5.02. The standard InChI is InChI=1S/C21H28N2O/c1-17(20-11-7-8-18(14-20)16-24)22-15-21(23-12-5-6-13-23)19-9-3-2-4-10-19/h2-4,7-11,14,17,21-22,24H,5-6,12-13,15-16H2,1H3. The summed E-state index contributed by atoms with van der Waals surface area (Å²) in [6.07, 6.45) is 2.61. The fourth-order valence-electron chi connectivity index (χ4n) is 3.55. The van der Waals surface area contributed by atoms with E-state index in [1.165, 1.54) is 37.1 Å². The molecule has 0 radical (unpaired) electrons. The summed E-state index contributed by atoms with van der Waals surface area (Å²) in [6.45, 7) is 5.61. The van der Waals surface area contributed by atoms with Crippen LogP contribution in [-0.2, 0) is 6.61 Å². The van der Waals surface area contributed by atoms with Crippen LogP contribution in [0.5, 0.6) is 0 Å². The lowest BCUT2D eigenvalue weighted by atomic mass is 10.0. The van der Waals surface area contributed by atoms with Crippen molar-refractivity contribution in [3.05, 3.63) is 71.3 Å². The number of nitrogens with zero attached hydrogens (tertiary/aromatic N) is 1. The molecule has 2 unspecified atom stereocenters. The predicted molar refractivity (Wildman–Crippen MR) is 98.8 cm³/mol. The van der Waals surface area contributed by atoms with Crippen molar-refractivity contribution in [3.8, 4) is 0 Å². The van der Waals surface area contributed by atoms with Gasteiger partial charge >= 0.3 is 0 Å². The molecule has 3 nitrogen and oxygen atoms in total. The van der Waals surface area contributed by atoms with E-state index >= 15 is 0 Å². The Balaban J connectivity index is 1.68. The minimum Gasteiger partial charge on any atom is -0.392 e. The first-order chi connectivity index (χ1) is 11.8. The number of benzene rings is 2. The third kappa shape index (κ3) is 4.23. The lowest BCUT2D eigenvalue weighted by Gasteiger charge is -2.29. The highest BCUT2D eigenvalue weighted by Crippen LogP contribution is 2.25. The van der Waals surface area contributed by atoms with Gasteiger partial charge in [0.1, 0.15) is 0 Å². The van der Waals surface area contributed by atoms with Gasteiger partial charge in [0.05, 0.1) is 6.61 Å². The molecule has 1 fully saturated rings. The van der Waals surface area contributed by atoms with Crippen LogP contribution in [0.1, 0.15) is 48.5 Å². The van der Waals surface area contributed by atoms with E-state index in [9.17, 15) is 5.11 Å². The summed E-state index contributed by atoms with van der Waals surface area (Å²) in [5.74, 6) is 0. The number of hydrogen-bond acceptors (Lipinski definition) is 3. The highest BCUT2D eigenvalue weighted by Gasteiger charge is 2.23. The fraction of sp³-hybridized carbons (Fsp3) is 0.429. The normalized spacial score (nSPS) is 17.8. The van der Waals surface area contributed by atoms with Gasteiger partial charge in [-0.2, -0.15) is 0 Å². The minimum atomic E-state index is 0.0982. The molecule has 0 spiro atoms. The van der Waals surface area contributed by atoms with Crippen molar-refractivity contribution in [2.75, 3.05) is 19.6 Å². The molecular weight excluding hydrogens is 296 g/mol. The van der Waals surface area contributed by atoms with Crippen LogP contribution in [0.15, 0.2) is 54.6 Å². The SMILES string of the molecule is CC(NCC(c1ccccc1)N1CCCC1)c1cccc(CO)c1. The molecule has 3 heteroatoms. The molecule has 0 amide bonds. The molecule has 0 aromatic heterocycles. The average Bonchev–Trinajstić information content (AvgIpc) is 3.17. The van der Waals surface area contributed by atoms with Gasteiger partial charge in [-0.3, -0.25) is 4.90 Å². The molecule has 0 saturated carbocycles. The molecule has 0 bridgehead atoms. The van der Waals surface area contributed by atoms with Crippen LogP contribution in [0.2, 0.25) is 0 Å². The lowest BCUT2D eigenvalue weighted by Crippen LogP contribution is -2.35. The van der Waals surface area contributed by atoms with Crippen LogP contribution in [0.4, 0.5) is 0 Å². The molecular formula is C21H28N2O. The van der Waals surface area contributed by atoms with Crippen LogP contribution < -0.4 is 5.32 Å². The van der Waals surface area contributed by atoms with Gasteiger partial charge in [-0.1, -0.05) is 54.6 Å². The van der Waals surface area contributed by atoms with E-state index in [1.54, 1.807) is 0 Å². The maximum absolute atomic E-state index is 9.33. The Morgan fingerprint density at radius 3 is 2.42 bits per heavy atom.